The molecule has 140 valence electrons. The van der Waals surface area contributed by atoms with E-state index in [4.69, 9.17) is 0 Å². The molecule has 1 amide bonds. The molecule has 1 heterocycles. The van der Waals surface area contributed by atoms with Crippen LogP contribution in [0.3, 0.4) is 0 Å². The van der Waals surface area contributed by atoms with Gasteiger partial charge in [-0.25, -0.2) is 8.42 Å². The maximum absolute atomic E-state index is 12.8. The Balaban J connectivity index is 1.62. The van der Waals surface area contributed by atoms with Crippen LogP contribution < -0.4 is 4.90 Å². The van der Waals surface area contributed by atoms with Gasteiger partial charge in [-0.3, -0.25) is 4.79 Å². The fraction of sp³-hybridized carbons (Fsp3) is 0.318. The van der Waals surface area contributed by atoms with E-state index in [1.165, 1.54) is 0 Å². The molecule has 0 aromatic heterocycles. The van der Waals surface area contributed by atoms with E-state index in [2.05, 4.69) is 0 Å². The first-order chi connectivity index (χ1) is 12.8. The van der Waals surface area contributed by atoms with Gasteiger partial charge in [0.15, 0.2) is 9.84 Å². The number of fused-ring (bicyclic) bond motifs is 2. The first-order valence-electron chi connectivity index (χ1n) is 9.13. The average Bonchev–Trinajstić information content (AvgIpc) is 3.19. The minimum absolute atomic E-state index is 0.0183. The second kappa shape index (κ2) is 6.34. The third-order valence-electron chi connectivity index (χ3n) is 5.64. The lowest BCUT2D eigenvalue weighted by molar-refractivity contribution is -0.122. The van der Waals surface area contributed by atoms with E-state index >= 15 is 0 Å². The maximum atomic E-state index is 12.8. The molecule has 4 nitrogen and oxygen atoms in total. The van der Waals surface area contributed by atoms with E-state index in [9.17, 15) is 13.2 Å². The van der Waals surface area contributed by atoms with Gasteiger partial charge < -0.3 is 4.90 Å². The molecule has 0 N–H and O–H groups in total. The number of carbonyl (C=O) groups excluding carboxylic acids is 1. The molecule has 2 aromatic carbocycles. The number of sulfone groups is 1. The van der Waals surface area contributed by atoms with Gasteiger partial charge in [-0.15, -0.1) is 0 Å². The highest BCUT2D eigenvalue weighted by Crippen LogP contribution is 2.48. The highest BCUT2D eigenvalue weighted by molar-refractivity contribution is 7.89. The molecule has 1 aliphatic heterocycles. The lowest BCUT2D eigenvalue weighted by Crippen LogP contribution is -2.36. The van der Waals surface area contributed by atoms with Gasteiger partial charge in [-0.2, -0.15) is 0 Å². The molecule has 0 saturated heterocycles. The molecule has 1 aliphatic carbocycles. The summed E-state index contributed by atoms with van der Waals surface area (Å²) in [4.78, 5) is 14.5. The Bertz CT molecular complexity index is 1030. The molecule has 27 heavy (non-hydrogen) atoms. The minimum Gasteiger partial charge on any atom is -0.314 e. The van der Waals surface area contributed by atoms with Crippen molar-refractivity contribution in [2.75, 3.05) is 11.9 Å². The summed E-state index contributed by atoms with van der Waals surface area (Å²) in [6, 6.07) is 13.2. The highest BCUT2D eigenvalue weighted by atomic mass is 32.2. The van der Waals surface area contributed by atoms with E-state index in [0.29, 0.717) is 12.8 Å². The minimum atomic E-state index is -3.29. The molecule has 0 unspecified atom stereocenters. The fourth-order valence-corrected chi connectivity index (χ4v) is 5.67. The largest absolute Gasteiger partial charge is 0.314 e. The Hall–Kier alpha value is -2.40. The van der Waals surface area contributed by atoms with Crippen LogP contribution in [-0.4, -0.2) is 21.4 Å². The maximum Gasteiger partial charge on any atom is 0.238 e. The number of amides is 1. The van der Waals surface area contributed by atoms with Gasteiger partial charge in [0.1, 0.15) is 0 Å². The summed E-state index contributed by atoms with van der Waals surface area (Å²) in [6.45, 7) is 1.98. The summed E-state index contributed by atoms with van der Waals surface area (Å²) in [5, 5.41) is 0. The first kappa shape index (κ1) is 18.0. The van der Waals surface area contributed by atoms with Gasteiger partial charge in [0.2, 0.25) is 5.91 Å². The van der Waals surface area contributed by atoms with Gasteiger partial charge in [-0.05, 0) is 42.5 Å². The molecule has 0 fully saturated rings. The van der Waals surface area contributed by atoms with Crippen molar-refractivity contribution in [3.8, 4) is 0 Å². The number of carbonyl (C=O) groups is 1. The zero-order chi connectivity index (χ0) is 19.2. The summed E-state index contributed by atoms with van der Waals surface area (Å²) < 4.78 is 25.4. The van der Waals surface area contributed by atoms with E-state index in [-0.39, 0.29) is 17.4 Å². The number of aryl methyl sites for hydroxylation is 1. The number of nitrogens with zero attached hydrogens (tertiary/aromatic N) is 1. The van der Waals surface area contributed by atoms with Crippen LogP contribution in [0.2, 0.25) is 0 Å². The van der Waals surface area contributed by atoms with Gasteiger partial charge in [0.25, 0.3) is 0 Å². The predicted octanol–water partition coefficient (Wildman–Crippen LogP) is 3.67. The van der Waals surface area contributed by atoms with Crippen LogP contribution in [0.15, 0.2) is 54.6 Å². The number of hydrogen-bond acceptors (Lipinski definition) is 3. The van der Waals surface area contributed by atoms with Crippen molar-refractivity contribution in [2.45, 2.75) is 36.7 Å². The fourth-order valence-electron chi connectivity index (χ4n) is 4.18. The number of anilines is 1. The van der Waals surface area contributed by atoms with Crippen molar-refractivity contribution in [1.82, 2.24) is 0 Å². The van der Waals surface area contributed by atoms with Crippen molar-refractivity contribution in [3.05, 3.63) is 76.9 Å². The van der Waals surface area contributed by atoms with Crippen LogP contribution in [0, 0.1) is 6.92 Å². The quantitative estimate of drug-likeness (QED) is 0.759. The lowest BCUT2D eigenvalue weighted by Gasteiger charge is -2.22. The van der Waals surface area contributed by atoms with Crippen LogP contribution in [-0.2, 0) is 31.6 Å². The summed E-state index contributed by atoms with van der Waals surface area (Å²) in [5.41, 5.74) is 3.97. The molecule has 0 radical (unpaired) electrons. The zero-order valence-corrected chi connectivity index (χ0v) is 16.4. The molecular weight excluding hydrogens is 358 g/mol. The van der Waals surface area contributed by atoms with E-state index in [1.54, 1.807) is 11.9 Å². The van der Waals surface area contributed by atoms with E-state index in [1.807, 2.05) is 61.5 Å². The van der Waals surface area contributed by atoms with Crippen molar-refractivity contribution in [1.29, 1.82) is 0 Å². The van der Waals surface area contributed by atoms with Gasteiger partial charge >= 0.3 is 0 Å². The van der Waals surface area contributed by atoms with Crippen molar-refractivity contribution in [2.24, 2.45) is 0 Å². The van der Waals surface area contributed by atoms with Crippen LogP contribution in [0.5, 0.6) is 0 Å². The normalized spacial score (nSPS) is 17.7. The van der Waals surface area contributed by atoms with Crippen LogP contribution in [0.25, 0.3) is 0 Å². The van der Waals surface area contributed by atoms with Crippen molar-refractivity contribution in [3.63, 3.8) is 0 Å². The summed E-state index contributed by atoms with van der Waals surface area (Å²) in [5.74, 6) is 0.105. The molecule has 2 aromatic rings. The third kappa shape index (κ3) is 3.10. The number of benzene rings is 2. The Morgan fingerprint density at radius 2 is 1.56 bits per heavy atom. The average molecular weight is 381 g/mol. The lowest BCUT2D eigenvalue weighted by atomic mass is 9.79. The predicted molar refractivity (Wildman–Crippen MR) is 107 cm³/mol. The highest BCUT2D eigenvalue weighted by Gasteiger charge is 2.49. The van der Waals surface area contributed by atoms with Crippen LogP contribution in [0.4, 0.5) is 5.69 Å². The second-order valence-corrected chi connectivity index (χ2v) is 9.76. The zero-order valence-electron chi connectivity index (χ0n) is 15.6. The second-order valence-electron chi connectivity index (χ2n) is 7.70. The molecule has 0 atom stereocenters. The molecule has 2 aliphatic rings. The SMILES string of the molecule is Cc1ccc(CS(=O)(=O)Cc2ccc3c(c2)C2(CC=CC2)C(=O)N3C)cc1. The summed E-state index contributed by atoms with van der Waals surface area (Å²) in [6.07, 6.45) is 5.45. The van der Waals surface area contributed by atoms with E-state index < -0.39 is 15.3 Å². The molecular formula is C22H23NO3S. The molecule has 1 spiro atoms. The number of allylic oxidation sites excluding steroid dienone is 2. The first-order valence-corrected chi connectivity index (χ1v) is 11.0. The van der Waals surface area contributed by atoms with Crippen molar-refractivity contribution < 1.29 is 13.2 Å². The van der Waals surface area contributed by atoms with Crippen molar-refractivity contribution >= 4 is 21.4 Å². The molecule has 0 bridgehead atoms. The molecule has 4 rings (SSSR count). The topological polar surface area (TPSA) is 54.5 Å². The molecule has 5 heteroatoms. The Kier molecular flexibility index (Phi) is 4.22. The van der Waals surface area contributed by atoms with Crippen LogP contribution >= 0.6 is 0 Å². The number of hydrogen-bond donors (Lipinski definition) is 0. The Morgan fingerprint density at radius 1 is 0.963 bits per heavy atom. The van der Waals surface area contributed by atoms with Gasteiger partial charge in [0, 0.05) is 12.7 Å². The summed E-state index contributed by atoms with van der Waals surface area (Å²) in [7, 11) is -1.50. The van der Waals surface area contributed by atoms with Gasteiger partial charge in [-0.1, -0.05) is 54.1 Å². The smallest absolute Gasteiger partial charge is 0.238 e. The monoisotopic (exact) mass is 381 g/mol. The standard InChI is InChI=1S/C22H23NO3S/c1-16-5-7-17(8-6-16)14-27(25,26)15-18-9-10-20-19(13-18)22(11-3-4-12-22)21(24)23(20)2/h3-10,13H,11-12,14-15H2,1-2H3. The third-order valence-corrected chi connectivity index (χ3v) is 7.19. The Morgan fingerprint density at radius 3 is 2.22 bits per heavy atom. The molecule has 0 saturated carbocycles. The summed E-state index contributed by atoms with van der Waals surface area (Å²) >= 11 is 0. The van der Waals surface area contributed by atoms with Gasteiger partial charge in [0.05, 0.1) is 16.9 Å². The number of likely N-dealkylation sites (N-methyl/N-ethyl adjacent to an activating group) is 1. The van der Waals surface area contributed by atoms with Crippen LogP contribution in [0.1, 0.15) is 35.1 Å². The Labute approximate surface area is 160 Å². The number of rotatable bonds is 4. The van der Waals surface area contributed by atoms with E-state index in [0.717, 1.165) is 27.9 Å².